The average molecular weight is 269 g/mol. The van der Waals surface area contributed by atoms with Crippen molar-refractivity contribution in [3.8, 4) is 11.3 Å². The molecule has 3 N–H and O–H groups in total. The highest BCUT2D eigenvalue weighted by Gasteiger charge is 2.30. The quantitative estimate of drug-likeness (QED) is 0.900. The molecule has 1 heterocycles. The highest BCUT2D eigenvalue weighted by atomic mass is 19.4. The molecule has 0 radical (unpaired) electrons. The summed E-state index contributed by atoms with van der Waals surface area (Å²) in [4.78, 5) is 0. The summed E-state index contributed by atoms with van der Waals surface area (Å²) in [5.74, 6) is 0. The number of aryl methyl sites for hydroxylation is 1. The van der Waals surface area contributed by atoms with E-state index in [0.29, 0.717) is 24.2 Å². The number of aromatic nitrogens is 2. The van der Waals surface area contributed by atoms with E-state index in [1.54, 1.807) is 0 Å². The van der Waals surface area contributed by atoms with Crippen LogP contribution in [0, 0.1) is 6.92 Å². The molecule has 0 atom stereocenters. The first-order chi connectivity index (χ1) is 8.93. The fraction of sp³-hybridized carbons (Fsp3) is 0.308. The molecule has 19 heavy (non-hydrogen) atoms. The molecule has 0 aliphatic heterocycles. The minimum Gasteiger partial charge on any atom is -0.330 e. The predicted molar refractivity (Wildman–Crippen MR) is 66.5 cm³/mol. The van der Waals surface area contributed by atoms with Crippen LogP contribution in [0.25, 0.3) is 11.3 Å². The van der Waals surface area contributed by atoms with E-state index in [4.69, 9.17) is 5.73 Å². The molecule has 0 amide bonds. The second-order valence-electron chi connectivity index (χ2n) is 4.29. The standard InChI is InChI=1S/C13H14F3N3/c1-8-11(6-7-17)12(19-18-8)9-2-4-10(5-3-9)13(14,15)16/h2-5H,6-7,17H2,1H3,(H,18,19). The Balaban J connectivity index is 2.38. The van der Waals surface area contributed by atoms with Gasteiger partial charge < -0.3 is 5.73 Å². The van der Waals surface area contributed by atoms with E-state index in [0.717, 1.165) is 23.4 Å². The number of benzene rings is 1. The molecular weight excluding hydrogens is 255 g/mol. The number of aromatic amines is 1. The Bertz CT molecular complexity index is 556. The van der Waals surface area contributed by atoms with Crippen molar-refractivity contribution in [2.24, 2.45) is 5.73 Å². The molecule has 3 nitrogen and oxygen atoms in total. The van der Waals surface area contributed by atoms with Gasteiger partial charge in [0.15, 0.2) is 0 Å². The number of halogens is 3. The Hall–Kier alpha value is -1.82. The van der Waals surface area contributed by atoms with Gasteiger partial charge in [-0.05, 0) is 32.0 Å². The number of H-pyrrole nitrogens is 1. The van der Waals surface area contributed by atoms with Gasteiger partial charge in [0.2, 0.25) is 0 Å². The number of nitrogens with one attached hydrogen (secondary N) is 1. The summed E-state index contributed by atoms with van der Waals surface area (Å²) in [7, 11) is 0. The molecule has 0 fully saturated rings. The third-order valence-corrected chi connectivity index (χ3v) is 2.95. The van der Waals surface area contributed by atoms with Crippen LogP contribution in [-0.2, 0) is 12.6 Å². The van der Waals surface area contributed by atoms with Gasteiger partial charge in [-0.1, -0.05) is 12.1 Å². The Morgan fingerprint density at radius 3 is 2.37 bits per heavy atom. The molecule has 2 aromatic rings. The molecule has 6 heteroatoms. The molecule has 2 rings (SSSR count). The number of hydrogen-bond acceptors (Lipinski definition) is 2. The largest absolute Gasteiger partial charge is 0.416 e. The lowest BCUT2D eigenvalue weighted by atomic mass is 10.0. The summed E-state index contributed by atoms with van der Waals surface area (Å²) in [5, 5.41) is 6.97. The summed E-state index contributed by atoms with van der Waals surface area (Å²) < 4.78 is 37.5. The van der Waals surface area contributed by atoms with E-state index in [2.05, 4.69) is 10.2 Å². The molecule has 0 aliphatic rings. The summed E-state index contributed by atoms with van der Waals surface area (Å²) in [6, 6.07) is 4.98. The van der Waals surface area contributed by atoms with Gasteiger partial charge in [0.25, 0.3) is 0 Å². The van der Waals surface area contributed by atoms with E-state index in [9.17, 15) is 13.2 Å². The lowest BCUT2D eigenvalue weighted by molar-refractivity contribution is -0.137. The van der Waals surface area contributed by atoms with Crippen molar-refractivity contribution in [3.63, 3.8) is 0 Å². The molecule has 102 valence electrons. The summed E-state index contributed by atoms with van der Waals surface area (Å²) in [5.41, 5.74) is 8.02. The van der Waals surface area contributed by atoms with Crippen molar-refractivity contribution in [1.29, 1.82) is 0 Å². The monoisotopic (exact) mass is 269 g/mol. The minimum absolute atomic E-state index is 0.466. The highest BCUT2D eigenvalue weighted by molar-refractivity contribution is 5.64. The summed E-state index contributed by atoms with van der Waals surface area (Å²) >= 11 is 0. The first-order valence-corrected chi connectivity index (χ1v) is 5.85. The zero-order chi connectivity index (χ0) is 14.0. The third-order valence-electron chi connectivity index (χ3n) is 2.95. The van der Waals surface area contributed by atoms with Gasteiger partial charge >= 0.3 is 6.18 Å². The Morgan fingerprint density at radius 2 is 1.84 bits per heavy atom. The first kappa shape index (κ1) is 13.6. The highest BCUT2D eigenvalue weighted by Crippen LogP contribution is 2.31. The zero-order valence-corrected chi connectivity index (χ0v) is 10.4. The van der Waals surface area contributed by atoms with Crippen LogP contribution in [0.1, 0.15) is 16.8 Å². The average Bonchev–Trinajstić information content (AvgIpc) is 2.71. The molecule has 0 saturated carbocycles. The molecule has 0 spiro atoms. The normalized spacial score (nSPS) is 11.8. The van der Waals surface area contributed by atoms with Gasteiger partial charge in [-0.3, -0.25) is 5.10 Å². The lowest BCUT2D eigenvalue weighted by Gasteiger charge is -2.07. The third kappa shape index (κ3) is 2.78. The van der Waals surface area contributed by atoms with Crippen LogP contribution in [0.3, 0.4) is 0 Å². The maximum Gasteiger partial charge on any atom is 0.416 e. The Labute approximate surface area is 108 Å². The van der Waals surface area contributed by atoms with Crippen molar-refractivity contribution >= 4 is 0 Å². The number of nitrogens with two attached hydrogens (primary N) is 1. The maximum atomic E-state index is 12.5. The van der Waals surface area contributed by atoms with Gasteiger partial charge in [-0.25, -0.2) is 0 Å². The van der Waals surface area contributed by atoms with Crippen LogP contribution < -0.4 is 5.73 Å². The zero-order valence-electron chi connectivity index (χ0n) is 10.4. The number of nitrogens with zero attached hydrogens (tertiary/aromatic N) is 1. The van der Waals surface area contributed by atoms with Crippen molar-refractivity contribution in [1.82, 2.24) is 10.2 Å². The summed E-state index contributed by atoms with van der Waals surface area (Å²) in [6.07, 6.45) is -3.68. The van der Waals surface area contributed by atoms with Crippen molar-refractivity contribution in [3.05, 3.63) is 41.1 Å². The fourth-order valence-electron chi connectivity index (χ4n) is 1.96. The second kappa shape index (κ2) is 5.05. The van der Waals surface area contributed by atoms with Crippen LogP contribution in [-0.4, -0.2) is 16.7 Å². The smallest absolute Gasteiger partial charge is 0.330 e. The van der Waals surface area contributed by atoms with Crippen LogP contribution in [0.2, 0.25) is 0 Å². The predicted octanol–water partition coefficient (Wildman–Crippen LogP) is 2.91. The SMILES string of the molecule is Cc1[nH]nc(-c2ccc(C(F)(F)F)cc2)c1CCN. The van der Waals surface area contributed by atoms with Crippen molar-refractivity contribution < 1.29 is 13.2 Å². The van der Waals surface area contributed by atoms with Crippen LogP contribution in [0.4, 0.5) is 13.2 Å². The minimum atomic E-state index is -4.32. The van der Waals surface area contributed by atoms with E-state index in [-0.39, 0.29) is 0 Å². The fourth-order valence-corrected chi connectivity index (χ4v) is 1.96. The molecule has 0 aliphatic carbocycles. The molecule has 0 bridgehead atoms. The van der Waals surface area contributed by atoms with Gasteiger partial charge in [-0.15, -0.1) is 0 Å². The molecule has 0 saturated heterocycles. The van der Waals surface area contributed by atoms with Gasteiger partial charge in [0.1, 0.15) is 0 Å². The molecular formula is C13H14F3N3. The molecule has 0 unspecified atom stereocenters. The van der Waals surface area contributed by atoms with Crippen LogP contribution in [0.5, 0.6) is 0 Å². The van der Waals surface area contributed by atoms with Crippen molar-refractivity contribution in [2.75, 3.05) is 6.54 Å². The summed E-state index contributed by atoms with van der Waals surface area (Å²) in [6.45, 7) is 2.33. The van der Waals surface area contributed by atoms with E-state index in [1.807, 2.05) is 6.92 Å². The van der Waals surface area contributed by atoms with E-state index >= 15 is 0 Å². The van der Waals surface area contributed by atoms with Crippen LogP contribution in [0.15, 0.2) is 24.3 Å². The van der Waals surface area contributed by atoms with E-state index in [1.165, 1.54) is 12.1 Å². The first-order valence-electron chi connectivity index (χ1n) is 5.85. The lowest BCUT2D eigenvalue weighted by Crippen LogP contribution is -2.05. The molecule has 1 aromatic carbocycles. The van der Waals surface area contributed by atoms with Gasteiger partial charge in [-0.2, -0.15) is 18.3 Å². The molecule has 1 aromatic heterocycles. The van der Waals surface area contributed by atoms with E-state index < -0.39 is 11.7 Å². The number of rotatable bonds is 3. The van der Waals surface area contributed by atoms with Crippen molar-refractivity contribution in [2.45, 2.75) is 19.5 Å². The number of alkyl halides is 3. The number of hydrogen-bond donors (Lipinski definition) is 2. The topological polar surface area (TPSA) is 54.7 Å². The Kier molecular flexibility index (Phi) is 3.61. The van der Waals surface area contributed by atoms with Gasteiger partial charge in [0.05, 0.1) is 11.3 Å². The Morgan fingerprint density at radius 1 is 1.21 bits per heavy atom. The second-order valence-corrected chi connectivity index (χ2v) is 4.29. The maximum absolute atomic E-state index is 12.5. The van der Waals surface area contributed by atoms with Gasteiger partial charge in [0, 0.05) is 16.8 Å². The van der Waals surface area contributed by atoms with Crippen LogP contribution >= 0.6 is 0 Å².